The largest absolute Gasteiger partial charge is 0.481 e. The summed E-state index contributed by atoms with van der Waals surface area (Å²) in [4.78, 5) is 13.6. The molecule has 2 aromatic carbocycles. The number of carboxylic acids is 1. The molecular formula is C19H20BrNO2. The monoisotopic (exact) mass is 373 g/mol. The lowest BCUT2D eigenvalue weighted by Gasteiger charge is -2.37. The van der Waals surface area contributed by atoms with Crippen LogP contribution in [0.3, 0.4) is 0 Å². The number of hydrogen-bond donors (Lipinski definition) is 1. The van der Waals surface area contributed by atoms with Gasteiger partial charge < -0.3 is 5.11 Å². The van der Waals surface area contributed by atoms with Crippen LogP contribution in [0.15, 0.2) is 59.1 Å². The van der Waals surface area contributed by atoms with Gasteiger partial charge >= 0.3 is 5.97 Å². The summed E-state index contributed by atoms with van der Waals surface area (Å²) in [6.07, 6.45) is 1.43. The second kappa shape index (κ2) is 7.28. The van der Waals surface area contributed by atoms with E-state index < -0.39 is 5.97 Å². The highest BCUT2D eigenvalue weighted by molar-refractivity contribution is 9.10. The van der Waals surface area contributed by atoms with Crippen molar-refractivity contribution in [2.24, 2.45) is 5.92 Å². The molecule has 3 nitrogen and oxygen atoms in total. The number of nitrogens with zero attached hydrogens (tertiary/aromatic N) is 1. The highest BCUT2D eigenvalue weighted by Gasteiger charge is 2.29. The zero-order valence-corrected chi connectivity index (χ0v) is 14.4. The van der Waals surface area contributed by atoms with E-state index in [2.05, 4.69) is 69.4 Å². The fraction of sp³-hybridized carbons (Fsp3) is 0.316. The van der Waals surface area contributed by atoms with E-state index in [9.17, 15) is 9.90 Å². The average Bonchev–Trinajstić information content (AvgIpc) is 2.58. The molecule has 0 amide bonds. The first-order valence-corrected chi connectivity index (χ1v) is 8.71. The Morgan fingerprint density at radius 1 is 1.00 bits per heavy atom. The van der Waals surface area contributed by atoms with E-state index in [0.29, 0.717) is 0 Å². The van der Waals surface area contributed by atoms with E-state index in [1.54, 1.807) is 0 Å². The molecule has 1 fully saturated rings. The third kappa shape index (κ3) is 3.82. The van der Waals surface area contributed by atoms with Crippen LogP contribution in [-0.4, -0.2) is 29.1 Å². The van der Waals surface area contributed by atoms with Gasteiger partial charge in [-0.1, -0.05) is 58.4 Å². The van der Waals surface area contributed by atoms with Gasteiger partial charge in [0.05, 0.1) is 12.0 Å². The van der Waals surface area contributed by atoms with Gasteiger partial charge in [-0.05, 0) is 49.2 Å². The third-order valence-electron chi connectivity index (χ3n) is 4.54. The summed E-state index contributed by atoms with van der Waals surface area (Å²) in [5.41, 5.74) is 2.50. The minimum absolute atomic E-state index is 0.180. The van der Waals surface area contributed by atoms with Crippen molar-refractivity contribution in [3.8, 4) is 0 Å². The van der Waals surface area contributed by atoms with Gasteiger partial charge in [0.25, 0.3) is 0 Å². The average molecular weight is 374 g/mol. The van der Waals surface area contributed by atoms with Gasteiger partial charge in [-0.15, -0.1) is 0 Å². The highest BCUT2D eigenvalue weighted by Crippen LogP contribution is 2.33. The van der Waals surface area contributed by atoms with Crippen LogP contribution in [0.2, 0.25) is 0 Å². The zero-order valence-electron chi connectivity index (χ0n) is 12.9. The number of hydrogen-bond acceptors (Lipinski definition) is 2. The molecule has 0 spiro atoms. The second-order valence-electron chi connectivity index (χ2n) is 6.01. The lowest BCUT2D eigenvalue weighted by Crippen LogP contribution is -2.39. The predicted molar refractivity (Wildman–Crippen MR) is 94.4 cm³/mol. The van der Waals surface area contributed by atoms with Crippen LogP contribution >= 0.6 is 15.9 Å². The van der Waals surface area contributed by atoms with Crippen molar-refractivity contribution in [3.05, 3.63) is 70.2 Å². The number of likely N-dealkylation sites (tertiary alicyclic amines) is 1. The lowest BCUT2D eigenvalue weighted by atomic mass is 9.91. The topological polar surface area (TPSA) is 40.5 Å². The molecule has 3 rings (SSSR count). The molecule has 1 aliphatic rings. The minimum atomic E-state index is -0.662. The number of carbonyl (C=O) groups is 1. The number of rotatable bonds is 4. The van der Waals surface area contributed by atoms with Gasteiger partial charge in [-0.2, -0.15) is 0 Å². The molecule has 1 atom stereocenters. The smallest absolute Gasteiger partial charge is 0.306 e. The van der Waals surface area contributed by atoms with Crippen LogP contribution in [-0.2, 0) is 4.79 Å². The lowest BCUT2D eigenvalue weighted by molar-refractivity contribution is -0.143. The van der Waals surface area contributed by atoms with Gasteiger partial charge in [-0.25, -0.2) is 0 Å². The van der Waals surface area contributed by atoms with Gasteiger partial charge in [-0.3, -0.25) is 9.69 Å². The van der Waals surface area contributed by atoms with E-state index in [4.69, 9.17) is 0 Å². The van der Waals surface area contributed by atoms with Crippen molar-refractivity contribution in [2.45, 2.75) is 18.9 Å². The minimum Gasteiger partial charge on any atom is -0.481 e. The van der Waals surface area contributed by atoms with E-state index in [-0.39, 0.29) is 12.0 Å². The van der Waals surface area contributed by atoms with Crippen LogP contribution in [0, 0.1) is 5.92 Å². The maximum Gasteiger partial charge on any atom is 0.306 e. The van der Waals surface area contributed by atoms with Crippen molar-refractivity contribution in [1.29, 1.82) is 0 Å². The fourth-order valence-electron chi connectivity index (χ4n) is 3.30. The summed E-state index contributed by atoms with van der Waals surface area (Å²) < 4.78 is 1.07. The highest BCUT2D eigenvalue weighted by atomic mass is 79.9. The SMILES string of the molecule is O=C(O)C1CCN(C(c2ccccc2)c2ccc(Br)cc2)CC1. The molecule has 0 saturated carbocycles. The van der Waals surface area contributed by atoms with Gasteiger partial charge in [0.2, 0.25) is 0 Å². The van der Waals surface area contributed by atoms with Gasteiger partial charge in [0.1, 0.15) is 0 Å². The molecule has 23 heavy (non-hydrogen) atoms. The summed E-state index contributed by atoms with van der Waals surface area (Å²) in [5.74, 6) is -0.864. The first kappa shape index (κ1) is 16.2. The number of piperidine rings is 1. The Bertz CT molecular complexity index is 649. The number of aliphatic carboxylic acids is 1. The Labute approximate surface area is 145 Å². The van der Waals surface area contributed by atoms with E-state index in [1.165, 1.54) is 11.1 Å². The summed E-state index contributed by atoms with van der Waals surface area (Å²) in [7, 11) is 0. The molecule has 0 bridgehead atoms. The van der Waals surface area contributed by atoms with Crippen molar-refractivity contribution in [2.75, 3.05) is 13.1 Å². The van der Waals surface area contributed by atoms with Crippen LogP contribution in [0.5, 0.6) is 0 Å². The van der Waals surface area contributed by atoms with Gasteiger partial charge in [0, 0.05) is 4.47 Å². The Morgan fingerprint density at radius 3 is 2.13 bits per heavy atom. The fourth-order valence-corrected chi connectivity index (χ4v) is 3.56. The van der Waals surface area contributed by atoms with Crippen LogP contribution in [0.4, 0.5) is 0 Å². The summed E-state index contributed by atoms with van der Waals surface area (Å²) in [6, 6.07) is 19.0. The molecule has 0 aliphatic carbocycles. The Hall–Kier alpha value is -1.65. The second-order valence-corrected chi connectivity index (χ2v) is 6.93. The maximum atomic E-state index is 11.2. The molecule has 120 valence electrons. The van der Waals surface area contributed by atoms with Crippen LogP contribution in [0.1, 0.15) is 30.0 Å². The first-order chi connectivity index (χ1) is 11.1. The zero-order chi connectivity index (χ0) is 16.2. The molecular weight excluding hydrogens is 354 g/mol. The van der Waals surface area contributed by atoms with E-state index in [1.807, 2.05) is 6.07 Å². The predicted octanol–water partition coefficient (Wildman–Crippen LogP) is 4.34. The van der Waals surface area contributed by atoms with E-state index >= 15 is 0 Å². The molecule has 1 saturated heterocycles. The van der Waals surface area contributed by atoms with Crippen molar-refractivity contribution >= 4 is 21.9 Å². The summed E-state index contributed by atoms with van der Waals surface area (Å²) in [6.45, 7) is 1.62. The Kier molecular flexibility index (Phi) is 5.13. The number of halogens is 1. The van der Waals surface area contributed by atoms with Crippen molar-refractivity contribution in [3.63, 3.8) is 0 Å². The summed E-state index contributed by atoms with van der Waals surface area (Å²) >= 11 is 3.49. The standard InChI is InChI=1S/C19H20BrNO2/c20-17-8-6-15(7-9-17)18(14-4-2-1-3-5-14)21-12-10-16(11-13-21)19(22)23/h1-9,16,18H,10-13H2,(H,22,23). The molecule has 0 radical (unpaired) electrons. The van der Waals surface area contributed by atoms with Crippen molar-refractivity contribution in [1.82, 2.24) is 4.90 Å². The number of benzene rings is 2. The Morgan fingerprint density at radius 2 is 1.57 bits per heavy atom. The van der Waals surface area contributed by atoms with Gasteiger partial charge in [0.15, 0.2) is 0 Å². The maximum absolute atomic E-state index is 11.2. The van der Waals surface area contributed by atoms with Crippen molar-refractivity contribution < 1.29 is 9.90 Å². The molecule has 1 aliphatic heterocycles. The quantitative estimate of drug-likeness (QED) is 0.866. The molecule has 1 N–H and O–H groups in total. The molecule has 1 unspecified atom stereocenters. The van der Waals surface area contributed by atoms with Crippen LogP contribution < -0.4 is 0 Å². The van der Waals surface area contributed by atoms with Crippen LogP contribution in [0.25, 0.3) is 0 Å². The van der Waals surface area contributed by atoms with E-state index in [0.717, 1.165) is 30.4 Å². The molecule has 1 heterocycles. The third-order valence-corrected chi connectivity index (χ3v) is 5.07. The molecule has 4 heteroatoms. The summed E-state index contributed by atoms with van der Waals surface area (Å²) in [5, 5.41) is 9.20. The molecule has 2 aromatic rings. The number of carboxylic acid groups (broad SMARTS) is 1. The Balaban J connectivity index is 1.87. The molecule has 0 aromatic heterocycles. The normalized spacial score (nSPS) is 17.8. The first-order valence-electron chi connectivity index (χ1n) is 7.92.